The Bertz CT molecular complexity index is 831. The summed E-state index contributed by atoms with van der Waals surface area (Å²) in [7, 11) is 0. The van der Waals surface area contributed by atoms with Crippen molar-refractivity contribution in [2.24, 2.45) is 0 Å². The number of thioether (sulfide) groups is 1. The minimum Gasteiger partial charge on any atom is -0.477 e. The van der Waals surface area contributed by atoms with Crippen LogP contribution in [0.5, 0.6) is 0 Å². The molecule has 3 rings (SSSR count). The van der Waals surface area contributed by atoms with Gasteiger partial charge in [-0.1, -0.05) is 45.2 Å². The molecule has 1 saturated heterocycles. The average molecular weight is 495 g/mol. The van der Waals surface area contributed by atoms with E-state index < -0.39 is 23.3 Å². The van der Waals surface area contributed by atoms with E-state index in [2.05, 4.69) is 26.6 Å². The van der Waals surface area contributed by atoms with Crippen molar-refractivity contribution in [3.8, 4) is 0 Å². The molecule has 2 amide bonds. The van der Waals surface area contributed by atoms with Gasteiger partial charge in [0.25, 0.3) is 5.91 Å². The van der Waals surface area contributed by atoms with Crippen molar-refractivity contribution in [2.75, 3.05) is 22.9 Å². The molecule has 2 heterocycles. The Morgan fingerprint density at radius 2 is 2.00 bits per heavy atom. The highest BCUT2D eigenvalue weighted by atomic mass is 79.9. The number of hydrogen-bond acceptors (Lipinski definition) is 5. The summed E-state index contributed by atoms with van der Waals surface area (Å²) >= 11 is 16.7. The van der Waals surface area contributed by atoms with Crippen LogP contribution in [-0.4, -0.2) is 56.8 Å². The van der Waals surface area contributed by atoms with Gasteiger partial charge in [0, 0.05) is 12.3 Å². The van der Waals surface area contributed by atoms with Gasteiger partial charge in [-0.2, -0.15) is 0 Å². The first-order valence-electron chi connectivity index (χ1n) is 7.78. The SMILES string of the molecule is O=C(CBr)NC1C(=O)N2C(C(=O)O)=C(CNc3c(Cl)cccc3Cl)CS[C@@H]12. The Morgan fingerprint density at radius 3 is 2.59 bits per heavy atom. The standard InChI is InChI=1S/C16H14BrCl2N3O4S/c17-4-10(23)21-12-14(24)22-13(16(25)26)7(6-27-15(12)22)5-20-11-8(18)2-1-3-9(11)19/h1-3,12,15,20H,4-6H2,(H,21,23)(H,25,26)/t12?,15-/m0/s1. The van der Waals surface area contributed by atoms with Crippen molar-refractivity contribution in [1.82, 2.24) is 10.2 Å². The number of halogens is 3. The number of benzene rings is 1. The van der Waals surface area contributed by atoms with Crippen LogP contribution in [0.15, 0.2) is 29.5 Å². The first kappa shape index (κ1) is 20.3. The lowest BCUT2D eigenvalue weighted by Crippen LogP contribution is -2.70. The third kappa shape index (κ3) is 3.91. The second kappa shape index (κ2) is 8.30. The zero-order chi connectivity index (χ0) is 19.7. The maximum Gasteiger partial charge on any atom is 0.352 e. The van der Waals surface area contributed by atoms with E-state index in [1.165, 1.54) is 16.7 Å². The molecule has 0 bridgehead atoms. The molecule has 1 aromatic carbocycles. The number of carboxylic acids is 1. The smallest absolute Gasteiger partial charge is 0.352 e. The normalized spacial score (nSPS) is 21.4. The van der Waals surface area contributed by atoms with Crippen LogP contribution in [0.3, 0.4) is 0 Å². The van der Waals surface area contributed by atoms with Crippen molar-refractivity contribution >= 4 is 74.4 Å². The number of carbonyl (C=O) groups excluding carboxylic acids is 2. The van der Waals surface area contributed by atoms with Crippen molar-refractivity contribution < 1.29 is 19.5 Å². The number of para-hydroxylation sites is 1. The van der Waals surface area contributed by atoms with Crippen molar-refractivity contribution in [2.45, 2.75) is 11.4 Å². The number of nitrogens with one attached hydrogen (secondary N) is 2. The largest absolute Gasteiger partial charge is 0.477 e. The molecule has 0 aliphatic carbocycles. The number of rotatable bonds is 6. The first-order valence-corrected chi connectivity index (χ1v) is 10.7. The minimum absolute atomic E-state index is 0.0660. The number of nitrogens with zero attached hydrogens (tertiary/aromatic N) is 1. The molecule has 0 aromatic heterocycles. The monoisotopic (exact) mass is 493 g/mol. The molecular formula is C16H14BrCl2N3O4S. The van der Waals surface area contributed by atoms with Crippen LogP contribution in [0.25, 0.3) is 0 Å². The highest BCUT2D eigenvalue weighted by Gasteiger charge is 2.54. The van der Waals surface area contributed by atoms with Gasteiger partial charge >= 0.3 is 5.97 Å². The second-order valence-corrected chi connectivity index (χ2v) is 8.28. The summed E-state index contributed by atoms with van der Waals surface area (Å²) in [5, 5.41) is 15.8. The van der Waals surface area contributed by atoms with Crippen LogP contribution < -0.4 is 10.6 Å². The fourth-order valence-corrected chi connectivity index (χ4v) is 4.93. The van der Waals surface area contributed by atoms with Gasteiger partial charge in [-0.15, -0.1) is 11.8 Å². The lowest BCUT2D eigenvalue weighted by molar-refractivity contribution is -0.150. The molecule has 11 heteroatoms. The Morgan fingerprint density at radius 1 is 1.33 bits per heavy atom. The minimum atomic E-state index is -1.19. The maximum absolute atomic E-state index is 12.4. The number of fused-ring (bicyclic) bond motifs is 1. The predicted molar refractivity (Wildman–Crippen MR) is 108 cm³/mol. The van der Waals surface area contributed by atoms with Crippen LogP contribution in [-0.2, 0) is 14.4 Å². The molecule has 27 heavy (non-hydrogen) atoms. The van der Waals surface area contributed by atoms with Gasteiger partial charge < -0.3 is 15.7 Å². The molecule has 3 N–H and O–H groups in total. The van der Waals surface area contributed by atoms with E-state index in [1.807, 2.05) is 0 Å². The summed E-state index contributed by atoms with van der Waals surface area (Å²) in [6.07, 6.45) is 0. The summed E-state index contributed by atoms with van der Waals surface area (Å²) in [6.45, 7) is 0.174. The van der Waals surface area contributed by atoms with Gasteiger partial charge in [0.1, 0.15) is 17.1 Å². The molecule has 0 radical (unpaired) electrons. The number of hydrogen-bond donors (Lipinski definition) is 3. The van der Waals surface area contributed by atoms with Gasteiger partial charge in [-0.25, -0.2) is 4.79 Å². The van der Waals surface area contributed by atoms with Crippen LogP contribution >= 0.6 is 50.9 Å². The number of anilines is 1. The molecule has 2 atom stereocenters. The van der Waals surface area contributed by atoms with Crippen LogP contribution in [0, 0.1) is 0 Å². The number of aliphatic carboxylic acids is 1. The van der Waals surface area contributed by atoms with E-state index in [0.29, 0.717) is 27.1 Å². The maximum atomic E-state index is 12.4. The number of amides is 2. The summed E-state index contributed by atoms with van der Waals surface area (Å²) in [5.74, 6) is -1.56. The van der Waals surface area contributed by atoms with E-state index in [1.54, 1.807) is 18.2 Å². The van der Waals surface area contributed by atoms with E-state index in [-0.39, 0.29) is 23.5 Å². The Hall–Kier alpha value is -1.42. The van der Waals surface area contributed by atoms with Gasteiger partial charge in [0.15, 0.2) is 0 Å². The van der Waals surface area contributed by atoms with Gasteiger partial charge in [0.05, 0.1) is 21.1 Å². The molecule has 0 saturated carbocycles. The Labute approximate surface area is 177 Å². The zero-order valence-electron chi connectivity index (χ0n) is 13.7. The number of alkyl halides is 1. The molecular weight excluding hydrogens is 481 g/mol. The second-order valence-electron chi connectivity index (χ2n) is 5.80. The van der Waals surface area contributed by atoms with Crippen LogP contribution in [0.1, 0.15) is 0 Å². The molecule has 0 spiro atoms. The fraction of sp³-hybridized carbons (Fsp3) is 0.312. The highest BCUT2D eigenvalue weighted by Crippen LogP contribution is 2.40. The van der Waals surface area contributed by atoms with Gasteiger partial charge in [0.2, 0.25) is 5.91 Å². The lowest BCUT2D eigenvalue weighted by atomic mass is 10.0. The van der Waals surface area contributed by atoms with Crippen molar-refractivity contribution in [3.05, 3.63) is 39.5 Å². The van der Waals surface area contributed by atoms with Gasteiger partial charge in [-0.3, -0.25) is 14.5 Å². The molecule has 2 aliphatic heterocycles. The molecule has 1 aromatic rings. The summed E-state index contributed by atoms with van der Waals surface area (Å²) in [4.78, 5) is 37.0. The summed E-state index contributed by atoms with van der Waals surface area (Å²) in [5.41, 5.74) is 0.977. The average Bonchev–Trinajstić information content (AvgIpc) is 2.64. The van der Waals surface area contributed by atoms with Crippen molar-refractivity contribution in [3.63, 3.8) is 0 Å². The predicted octanol–water partition coefficient (Wildman–Crippen LogP) is 2.54. The topological polar surface area (TPSA) is 98.7 Å². The quantitative estimate of drug-likeness (QED) is 0.415. The molecule has 7 nitrogen and oxygen atoms in total. The molecule has 2 aliphatic rings. The van der Waals surface area contributed by atoms with E-state index in [0.717, 1.165) is 0 Å². The van der Waals surface area contributed by atoms with Crippen LogP contribution in [0.4, 0.5) is 5.69 Å². The first-order chi connectivity index (χ1) is 12.8. The molecule has 144 valence electrons. The fourth-order valence-electron chi connectivity index (χ4n) is 2.89. The Balaban J connectivity index is 1.80. The number of carboxylic acid groups (broad SMARTS) is 1. The van der Waals surface area contributed by atoms with E-state index >= 15 is 0 Å². The Kier molecular flexibility index (Phi) is 6.25. The summed E-state index contributed by atoms with van der Waals surface area (Å²) < 4.78 is 0. The number of β-lactam (4-membered cyclic amide) rings is 1. The van der Waals surface area contributed by atoms with Crippen molar-refractivity contribution in [1.29, 1.82) is 0 Å². The van der Waals surface area contributed by atoms with Crippen LogP contribution in [0.2, 0.25) is 10.0 Å². The van der Waals surface area contributed by atoms with E-state index in [9.17, 15) is 19.5 Å². The third-order valence-corrected chi connectivity index (χ3v) is 6.61. The summed E-state index contributed by atoms with van der Waals surface area (Å²) in [6, 6.07) is 4.33. The molecule has 1 unspecified atom stereocenters. The highest BCUT2D eigenvalue weighted by molar-refractivity contribution is 9.09. The van der Waals surface area contributed by atoms with E-state index in [4.69, 9.17) is 23.2 Å². The van der Waals surface area contributed by atoms with Gasteiger partial charge in [-0.05, 0) is 17.7 Å². The number of carbonyl (C=O) groups is 3. The third-order valence-electron chi connectivity index (χ3n) is 4.13. The molecule has 1 fully saturated rings. The zero-order valence-corrected chi connectivity index (χ0v) is 17.6. The lowest BCUT2D eigenvalue weighted by Gasteiger charge is -2.49.